The summed E-state index contributed by atoms with van der Waals surface area (Å²) in [4.78, 5) is 12.3. The molecular formula is C24H25NO4. The monoisotopic (exact) mass is 391 g/mol. The fourth-order valence-electron chi connectivity index (χ4n) is 4.15. The molecule has 2 aromatic carbocycles. The first kappa shape index (κ1) is 19.3. The zero-order valence-electron chi connectivity index (χ0n) is 16.9. The summed E-state index contributed by atoms with van der Waals surface area (Å²) in [6, 6.07) is 18.2. The van der Waals surface area contributed by atoms with Crippen LogP contribution >= 0.6 is 0 Å². The topological polar surface area (TPSA) is 71.7 Å². The number of ether oxygens (including phenoxy) is 1. The van der Waals surface area contributed by atoms with Crippen LogP contribution in [0.15, 0.2) is 59.0 Å². The SMILES string of the molecule is Cc1cc(C(C)(O)CNC(=O)OCC2c3ccccc3-c3ccccc32)c(C)o1. The number of fused-ring (bicyclic) bond motifs is 3. The van der Waals surface area contributed by atoms with Crippen LogP contribution in [0.1, 0.15) is 41.1 Å². The zero-order valence-corrected chi connectivity index (χ0v) is 16.9. The van der Waals surface area contributed by atoms with E-state index in [0.29, 0.717) is 11.3 Å². The second-order valence-electron chi connectivity index (χ2n) is 7.78. The van der Waals surface area contributed by atoms with Gasteiger partial charge in [-0.25, -0.2) is 4.79 Å². The summed E-state index contributed by atoms with van der Waals surface area (Å²) in [5, 5.41) is 13.4. The van der Waals surface area contributed by atoms with Crippen LogP contribution in [0.2, 0.25) is 0 Å². The first-order chi connectivity index (χ1) is 13.9. The largest absolute Gasteiger partial charge is 0.466 e. The minimum absolute atomic E-state index is 0.00688. The number of nitrogens with one attached hydrogen (secondary N) is 1. The Morgan fingerprint density at radius 3 is 2.24 bits per heavy atom. The molecular weight excluding hydrogens is 366 g/mol. The van der Waals surface area contributed by atoms with Gasteiger partial charge in [0.1, 0.15) is 23.7 Å². The van der Waals surface area contributed by atoms with Crippen LogP contribution in [-0.4, -0.2) is 24.4 Å². The third-order valence-electron chi connectivity index (χ3n) is 5.54. The number of hydrogen-bond acceptors (Lipinski definition) is 4. The molecule has 2 N–H and O–H groups in total. The van der Waals surface area contributed by atoms with Crippen LogP contribution < -0.4 is 5.32 Å². The third-order valence-corrected chi connectivity index (χ3v) is 5.54. The maximum atomic E-state index is 12.3. The van der Waals surface area contributed by atoms with Crippen molar-refractivity contribution in [2.75, 3.05) is 13.2 Å². The van der Waals surface area contributed by atoms with Gasteiger partial charge in [0, 0.05) is 11.5 Å². The van der Waals surface area contributed by atoms with E-state index >= 15 is 0 Å². The Bertz CT molecular complexity index is 1010. The van der Waals surface area contributed by atoms with E-state index in [9.17, 15) is 9.90 Å². The van der Waals surface area contributed by atoms with Crippen LogP contribution in [0.4, 0.5) is 4.79 Å². The fraction of sp³-hybridized carbons (Fsp3) is 0.292. The molecule has 1 atom stereocenters. The van der Waals surface area contributed by atoms with Gasteiger partial charge in [-0.05, 0) is 49.1 Å². The number of amides is 1. The Labute approximate surface area is 170 Å². The van der Waals surface area contributed by atoms with Crippen molar-refractivity contribution in [1.29, 1.82) is 0 Å². The Morgan fingerprint density at radius 1 is 1.10 bits per heavy atom. The summed E-state index contributed by atoms with van der Waals surface area (Å²) in [6.45, 7) is 5.54. The van der Waals surface area contributed by atoms with Crippen LogP contribution in [0.3, 0.4) is 0 Å². The van der Waals surface area contributed by atoms with E-state index in [2.05, 4.69) is 29.6 Å². The maximum absolute atomic E-state index is 12.3. The molecule has 0 saturated carbocycles. The molecule has 0 fully saturated rings. The van der Waals surface area contributed by atoms with Gasteiger partial charge in [-0.1, -0.05) is 48.5 Å². The first-order valence-electron chi connectivity index (χ1n) is 9.75. The lowest BCUT2D eigenvalue weighted by Gasteiger charge is -2.23. The van der Waals surface area contributed by atoms with Gasteiger partial charge in [0.15, 0.2) is 0 Å². The number of aryl methyl sites for hydroxylation is 2. The van der Waals surface area contributed by atoms with Gasteiger partial charge in [0.05, 0.1) is 6.54 Å². The molecule has 5 heteroatoms. The number of carbonyl (C=O) groups excluding carboxylic acids is 1. The highest BCUT2D eigenvalue weighted by Gasteiger charge is 2.30. The lowest BCUT2D eigenvalue weighted by molar-refractivity contribution is 0.0520. The highest BCUT2D eigenvalue weighted by Crippen LogP contribution is 2.44. The molecule has 1 unspecified atom stereocenters. The number of furan rings is 1. The summed E-state index contributed by atoms with van der Waals surface area (Å²) in [5.41, 5.74) is 4.12. The van der Waals surface area contributed by atoms with E-state index in [1.807, 2.05) is 31.2 Å². The van der Waals surface area contributed by atoms with Crippen LogP contribution in [0.5, 0.6) is 0 Å². The molecule has 150 valence electrons. The summed E-state index contributed by atoms with van der Waals surface area (Å²) in [6.07, 6.45) is -0.551. The quantitative estimate of drug-likeness (QED) is 0.664. The molecule has 1 aliphatic rings. The van der Waals surface area contributed by atoms with Gasteiger partial charge in [-0.15, -0.1) is 0 Å². The maximum Gasteiger partial charge on any atom is 0.407 e. The summed E-state index contributed by atoms with van der Waals surface area (Å²) in [7, 11) is 0. The molecule has 3 aromatic rings. The van der Waals surface area contributed by atoms with Crippen molar-refractivity contribution < 1.29 is 19.1 Å². The third kappa shape index (κ3) is 3.66. The molecule has 1 amide bonds. The van der Waals surface area contributed by atoms with E-state index in [1.165, 1.54) is 11.1 Å². The highest BCUT2D eigenvalue weighted by atomic mass is 16.5. The highest BCUT2D eigenvalue weighted by molar-refractivity contribution is 5.79. The number of benzene rings is 2. The van der Waals surface area contributed by atoms with E-state index in [1.54, 1.807) is 19.9 Å². The molecule has 1 aliphatic carbocycles. The number of hydrogen-bond donors (Lipinski definition) is 2. The summed E-state index contributed by atoms with van der Waals surface area (Å²) < 4.78 is 11.0. The van der Waals surface area contributed by atoms with Crippen LogP contribution in [-0.2, 0) is 10.3 Å². The van der Waals surface area contributed by atoms with E-state index in [-0.39, 0.29) is 19.1 Å². The van der Waals surface area contributed by atoms with Gasteiger partial charge in [-0.3, -0.25) is 0 Å². The molecule has 4 rings (SSSR count). The van der Waals surface area contributed by atoms with Crippen molar-refractivity contribution in [2.24, 2.45) is 0 Å². The first-order valence-corrected chi connectivity index (χ1v) is 9.75. The van der Waals surface area contributed by atoms with Crippen molar-refractivity contribution in [3.05, 3.63) is 82.8 Å². The lowest BCUT2D eigenvalue weighted by Crippen LogP contribution is -2.39. The van der Waals surface area contributed by atoms with Crippen molar-refractivity contribution >= 4 is 6.09 Å². The van der Waals surface area contributed by atoms with Crippen LogP contribution in [0, 0.1) is 13.8 Å². The number of carbonyl (C=O) groups is 1. The van der Waals surface area contributed by atoms with Gasteiger partial charge in [0.2, 0.25) is 0 Å². The van der Waals surface area contributed by atoms with Crippen molar-refractivity contribution in [3.8, 4) is 11.1 Å². The normalized spacial score (nSPS) is 14.8. The van der Waals surface area contributed by atoms with Crippen molar-refractivity contribution in [1.82, 2.24) is 5.32 Å². The van der Waals surface area contributed by atoms with Gasteiger partial charge < -0.3 is 19.6 Å². The average molecular weight is 391 g/mol. The standard InChI is InChI=1S/C24H25NO4/c1-15-12-22(16(2)29-15)24(3,27)14-25-23(26)28-13-21-19-10-6-4-8-17(19)18-9-5-7-11-20(18)21/h4-12,21,27H,13-14H2,1-3H3,(H,25,26). The number of alkyl carbamates (subject to hydrolysis) is 1. The van der Waals surface area contributed by atoms with Crippen molar-refractivity contribution in [2.45, 2.75) is 32.3 Å². The Kier molecular flexibility index (Phi) is 4.92. The molecule has 1 heterocycles. The minimum Gasteiger partial charge on any atom is -0.466 e. The minimum atomic E-state index is -1.24. The molecule has 0 aliphatic heterocycles. The second-order valence-corrected chi connectivity index (χ2v) is 7.78. The molecule has 29 heavy (non-hydrogen) atoms. The molecule has 1 aromatic heterocycles. The second kappa shape index (κ2) is 7.41. The molecule has 5 nitrogen and oxygen atoms in total. The Balaban J connectivity index is 1.41. The van der Waals surface area contributed by atoms with Gasteiger partial charge in [0.25, 0.3) is 0 Å². The molecule has 0 radical (unpaired) electrons. The average Bonchev–Trinajstić information content (AvgIpc) is 3.22. The predicted molar refractivity (Wildman–Crippen MR) is 111 cm³/mol. The Hall–Kier alpha value is -3.05. The molecule has 0 saturated heterocycles. The van der Waals surface area contributed by atoms with Gasteiger partial charge >= 0.3 is 6.09 Å². The summed E-state index contributed by atoms with van der Waals surface area (Å²) in [5.74, 6) is 1.37. The van der Waals surface area contributed by atoms with E-state index < -0.39 is 11.7 Å². The lowest BCUT2D eigenvalue weighted by atomic mass is 9.96. The zero-order chi connectivity index (χ0) is 20.6. The number of aliphatic hydroxyl groups is 1. The van der Waals surface area contributed by atoms with E-state index in [4.69, 9.17) is 9.15 Å². The predicted octanol–water partition coefficient (Wildman–Crippen LogP) is 4.64. The van der Waals surface area contributed by atoms with Crippen molar-refractivity contribution in [3.63, 3.8) is 0 Å². The Morgan fingerprint density at radius 2 is 1.69 bits per heavy atom. The van der Waals surface area contributed by atoms with Crippen LogP contribution in [0.25, 0.3) is 11.1 Å². The summed E-state index contributed by atoms with van der Waals surface area (Å²) >= 11 is 0. The molecule has 0 spiro atoms. The molecule has 0 bridgehead atoms. The fourth-order valence-corrected chi connectivity index (χ4v) is 4.15. The van der Waals surface area contributed by atoms with E-state index in [0.717, 1.165) is 16.9 Å². The van der Waals surface area contributed by atoms with Gasteiger partial charge in [-0.2, -0.15) is 0 Å². The smallest absolute Gasteiger partial charge is 0.407 e. The number of rotatable bonds is 5.